The molecule has 2 aliphatic heterocycles. The first kappa shape index (κ1) is 17.0. The van der Waals surface area contributed by atoms with Crippen molar-refractivity contribution in [1.82, 2.24) is 20.0 Å². The number of likely N-dealkylation sites (tertiary alicyclic amines) is 1. The highest BCUT2D eigenvalue weighted by Crippen LogP contribution is 2.59. The van der Waals surface area contributed by atoms with Gasteiger partial charge in [-0.1, -0.05) is 0 Å². The smallest absolute Gasteiger partial charge is 0.341 e. The number of halogens is 2. The Balaban J connectivity index is 1.44. The third-order valence-corrected chi connectivity index (χ3v) is 5.45. The summed E-state index contributed by atoms with van der Waals surface area (Å²) in [6.45, 7) is 4.92. The van der Waals surface area contributed by atoms with E-state index < -0.39 is 23.7 Å². The maximum Gasteiger partial charge on any atom is 0.341 e. The number of alkyl halides is 2. The molecule has 1 saturated carbocycles. The fourth-order valence-electron chi connectivity index (χ4n) is 3.71. The summed E-state index contributed by atoms with van der Waals surface area (Å²) in [4.78, 5) is 18.0. The van der Waals surface area contributed by atoms with Crippen LogP contribution in [0, 0.1) is 18.8 Å². The standard InChI is InChI=1S/C17H21F2N5O2/c1-9-11(5-24-6-12(10(2)22-24)15(25)26-3)4-20-16(21-9)23-7-13-14(8-23)17(13,18)19/h4,6,9,13-14H,5,7-8H2,1-3H3,(H,20,21). The number of nitrogens with zero attached hydrogens (tertiary/aromatic N) is 4. The van der Waals surface area contributed by atoms with Crippen molar-refractivity contribution in [3.63, 3.8) is 0 Å². The number of ether oxygens (including phenoxy) is 1. The van der Waals surface area contributed by atoms with Crippen LogP contribution >= 0.6 is 0 Å². The van der Waals surface area contributed by atoms with Gasteiger partial charge in [-0.25, -0.2) is 18.6 Å². The Morgan fingerprint density at radius 1 is 1.42 bits per heavy atom. The molecule has 0 spiro atoms. The minimum absolute atomic E-state index is 0.00832. The van der Waals surface area contributed by atoms with Crippen molar-refractivity contribution in [2.24, 2.45) is 16.8 Å². The lowest BCUT2D eigenvalue weighted by Gasteiger charge is -2.30. The summed E-state index contributed by atoms with van der Waals surface area (Å²) in [7, 11) is 1.34. The third-order valence-electron chi connectivity index (χ3n) is 5.45. The van der Waals surface area contributed by atoms with Crippen LogP contribution in [0.25, 0.3) is 0 Å². The van der Waals surface area contributed by atoms with Crippen molar-refractivity contribution in [3.05, 3.63) is 29.2 Å². The summed E-state index contributed by atoms with van der Waals surface area (Å²) in [5.41, 5.74) is 2.03. The van der Waals surface area contributed by atoms with Crippen LogP contribution in [0.15, 0.2) is 23.0 Å². The van der Waals surface area contributed by atoms with Crippen molar-refractivity contribution < 1.29 is 18.3 Å². The minimum atomic E-state index is -2.49. The number of aryl methyl sites for hydroxylation is 1. The van der Waals surface area contributed by atoms with E-state index in [-0.39, 0.29) is 6.04 Å². The molecule has 4 rings (SSSR count). The highest BCUT2D eigenvalue weighted by molar-refractivity contribution is 5.90. The van der Waals surface area contributed by atoms with Gasteiger partial charge in [-0.3, -0.25) is 4.68 Å². The molecule has 2 fully saturated rings. The van der Waals surface area contributed by atoms with E-state index in [9.17, 15) is 13.6 Å². The zero-order valence-corrected chi connectivity index (χ0v) is 14.9. The number of esters is 1. The van der Waals surface area contributed by atoms with Crippen LogP contribution in [0.5, 0.6) is 0 Å². The molecule has 0 aromatic carbocycles. The molecule has 0 radical (unpaired) electrons. The summed E-state index contributed by atoms with van der Waals surface area (Å²) in [6, 6.07) is -0.00832. The zero-order valence-electron chi connectivity index (χ0n) is 14.9. The number of carbonyl (C=O) groups excluding carboxylic acids is 1. The monoisotopic (exact) mass is 365 g/mol. The summed E-state index contributed by atoms with van der Waals surface area (Å²) in [5.74, 6) is -3.32. The van der Waals surface area contributed by atoms with Crippen LogP contribution in [0.3, 0.4) is 0 Å². The molecule has 1 aromatic heterocycles. The van der Waals surface area contributed by atoms with Gasteiger partial charge in [-0.2, -0.15) is 5.10 Å². The van der Waals surface area contributed by atoms with Crippen LogP contribution in [-0.2, 0) is 11.3 Å². The number of aromatic nitrogens is 2. The molecule has 3 unspecified atom stereocenters. The highest BCUT2D eigenvalue weighted by atomic mass is 19.3. The molecule has 140 valence electrons. The Morgan fingerprint density at radius 3 is 2.73 bits per heavy atom. The van der Waals surface area contributed by atoms with E-state index >= 15 is 0 Å². The van der Waals surface area contributed by atoms with Crippen LogP contribution in [0.2, 0.25) is 0 Å². The second-order valence-corrected chi connectivity index (χ2v) is 7.13. The molecule has 1 aliphatic carbocycles. The molecule has 3 heterocycles. The fraction of sp³-hybridized carbons (Fsp3) is 0.588. The predicted molar refractivity (Wildman–Crippen MR) is 89.9 cm³/mol. The van der Waals surface area contributed by atoms with E-state index in [2.05, 4.69) is 15.4 Å². The van der Waals surface area contributed by atoms with Crippen LogP contribution in [-0.4, -0.2) is 58.8 Å². The minimum Gasteiger partial charge on any atom is -0.465 e. The quantitative estimate of drug-likeness (QED) is 0.820. The number of methoxy groups -OCH3 is 1. The molecule has 0 bridgehead atoms. The SMILES string of the molecule is COC(=O)c1cn(CC2=CN=C(N3CC4C(C3)C4(F)F)NC2C)nc1C. The maximum atomic E-state index is 13.3. The molecule has 1 N–H and O–H groups in total. The number of hydrogen-bond acceptors (Lipinski definition) is 6. The Kier molecular flexibility index (Phi) is 3.78. The maximum absolute atomic E-state index is 13.3. The molecule has 3 aliphatic rings. The first-order valence-electron chi connectivity index (χ1n) is 8.59. The fourth-order valence-corrected chi connectivity index (χ4v) is 3.71. The Labute approximate surface area is 149 Å². The second kappa shape index (κ2) is 5.78. The molecule has 0 amide bonds. The van der Waals surface area contributed by atoms with Crippen LogP contribution < -0.4 is 5.32 Å². The Bertz CT molecular complexity index is 802. The Hall–Kier alpha value is -2.45. The number of rotatable bonds is 3. The summed E-state index contributed by atoms with van der Waals surface area (Å²) in [6.07, 6.45) is 3.41. The number of piperidine rings is 1. The van der Waals surface area contributed by atoms with E-state index in [4.69, 9.17) is 4.74 Å². The number of guanidine groups is 1. The number of hydrogen-bond donors (Lipinski definition) is 1. The average molecular weight is 365 g/mol. The van der Waals surface area contributed by atoms with Crippen molar-refractivity contribution in [1.29, 1.82) is 0 Å². The molecule has 3 atom stereocenters. The lowest BCUT2D eigenvalue weighted by atomic mass is 10.1. The summed E-state index contributed by atoms with van der Waals surface area (Å²) < 4.78 is 33.1. The van der Waals surface area contributed by atoms with Gasteiger partial charge in [0.2, 0.25) is 0 Å². The van der Waals surface area contributed by atoms with Gasteiger partial charge in [0.15, 0.2) is 5.96 Å². The van der Waals surface area contributed by atoms with Gasteiger partial charge < -0.3 is 15.0 Å². The molecule has 1 saturated heterocycles. The van der Waals surface area contributed by atoms with E-state index in [0.717, 1.165) is 5.57 Å². The number of nitrogens with one attached hydrogen (secondary N) is 1. The molecule has 7 nitrogen and oxygen atoms in total. The van der Waals surface area contributed by atoms with Gasteiger partial charge in [-0.15, -0.1) is 0 Å². The molecule has 9 heteroatoms. The average Bonchev–Trinajstić information content (AvgIpc) is 3.00. The third kappa shape index (κ3) is 2.65. The summed E-state index contributed by atoms with van der Waals surface area (Å²) >= 11 is 0. The van der Waals surface area contributed by atoms with E-state index in [0.29, 0.717) is 36.9 Å². The number of aliphatic imine (C=N–C) groups is 1. The van der Waals surface area contributed by atoms with Crippen LogP contribution in [0.4, 0.5) is 8.78 Å². The van der Waals surface area contributed by atoms with Gasteiger partial charge in [0.25, 0.3) is 5.92 Å². The van der Waals surface area contributed by atoms with Gasteiger partial charge >= 0.3 is 5.97 Å². The van der Waals surface area contributed by atoms with Gasteiger partial charge in [0.05, 0.1) is 37.2 Å². The Morgan fingerprint density at radius 2 is 2.12 bits per heavy atom. The molecular formula is C17H21F2N5O2. The van der Waals surface area contributed by atoms with Crippen LogP contribution in [0.1, 0.15) is 23.0 Å². The van der Waals surface area contributed by atoms with E-state index in [1.807, 2.05) is 11.8 Å². The van der Waals surface area contributed by atoms with Crippen molar-refractivity contribution in [3.8, 4) is 0 Å². The number of carbonyl (C=O) groups is 1. The molecule has 1 aromatic rings. The van der Waals surface area contributed by atoms with Gasteiger partial charge in [0, 0.05) is 25.5 Å². The topological polar surface area (TPSA) is 71.8 Å². The molecular weight excluding hydrogens is 344 g/mol. The number of fused-ring (bicyclic) bond motifs is 1. The first-order valence-corrected chi connectivity index (χ1v) is 8.59. The first-order chi connectivity index (χ1) is 12.3. The highest BCUT2D eigenvalue weighted by Gasteiger charge is 2.72. The van der Waals surface area contributed by atoms with Crippen molar-refractivity contribution in [2.75, 3.05) is 20.2 Å². The zero-order chi connectivity index (χ0) is 18.6. The molecule has 26 heavy (non-hydrogen) atoms. The van der Waals surface area contributed by atoms with Crippen molar-refractivity contribution >= 4 is 11.9 Å². The van der Waals surface area contributed by atoms with Crippen molar-refractivity contribution in [2.45, 2.75) is 32.4 Å². The lowest BCUT2D eigenvalue weighted by Crippen LogP contribution is -2.48. The van der Waals surface area contributed by atoms with E-state index in [1.54, 1.807) is 24.0 Å². The normalized spacial score (nSPS) is 28.8. The second-order valence-electron chi connectivity index (χ2n) is 7.13. The lowest BCUT2D eigenvalue weighted by molar-refractivity contribution is 0.0598. The summed E-state index contributed by atoms with van der Waals surface area (Å²) in [5, 5.41) is 7.62. The van der Waals surface area contributed by atoms with Gasteiger partial charge in [0.1, 0.15) is 5.56 Å². The largest absolute Gasteiger partial charge is 0.465 e. The van der Waals surface area contributed by atoms with E-state index in [1.165, 1.54) is 7.11 Å². The van der Waals surface area contributed by atoms with Gasteiger partial charge in [-0.05, 0) is 19.4 Å². The predicted octanol–water partition coefficient (Wildman–Crippen LogP) is 1.41.